The number of allylic oxidation sites excluding steroid dienone is 2. The Morgan fingerprint density at radius 3 is 0.889 bits per heavy atom. The lowest BCUT2D eigenvalue weighted by Crippen LogP contribution is -2.57. The monoisotopic (exact) mass is 592 g/mol. The summed E-state index contributed by atoms with van der Waals surface area (Å²) in [5.41, 5.74) is 16.2. The summed E-state index contributed by atoms with van der Waals surface area (Å²) in [6, 6.07) is 54.9. The van der Waals surface area contributed by atoms with Crippen molar-refractivity contribution in [3.63, 3.8) is 0 Å². The molecule has 2 heterocycles. The third kappa shape index (κ3) is 3.90. The summed E-state index contributed by atoms with van der Waals surface area (Å²) in [5.74, 6) is 0. The van der Waals surface area contributed by atoms with Crippen LogP contribution < -0.4 is 10.4 Å². The molecule has 0 N–H and O–H groups in total. The first-order valence-corrected chi connectivity index (χ1v) is 18.0. The lowest BCUT2D eigenvalue weighted by atomic mass is 9.85. The van der Waals surface area contributed by atoms with Crippen LogP contribution in [0.2, 0.25) is 0 Å². The molecule has 6 aromatic carbocycles. The van der Waals surface area contributed by atoms with Gasteiger partial charge in [-0.1, -0.05) is 146 Å². The summed E-state index contributed by atoms with van der Waals surface area (Å²) in [7, 11) is -2.89. The van der Waals surface area contributed by atoms with Crippen LogP contribution in [0.15, 0.2) is 146 Å². The molecule has 6 aromatic rings. The van der Waals surface area contributed by atoms with Gasteiger partial charge < -0.3 is 0 Å². The largest absolute Gasteiger partial charge is 0.183 e. The van der Waals surface area contributed by atoms with Gasteiger partial charge in [-0.25, -0.2) is 0 Å². The first kappa shape index (κ1) is 27.6. The average Bonchev–Trinajstić information content (AvgIpc) is 3.53. The van der Waals surface area contributed by atoms with Crippen LogP contribution in [-0.4, -0.2) is 8.07 Å². The Labute approximate surface area is 268 Å². The van der Waals surface area contributed by atoms with E-state index in [2.05, 4.69) is 173 Å². The molecule has 8 rings (SSSR count). The highest BCUT2D eigenvalue weighted by molar-refractivity contribution is 7.31. The summed E-state index contributed by atoms with van der Waals surface area (Å²) in [6.45, 7) is 9.16. The average molecular weight is 593 g/mol. The molecule has 0 atom stereocenters. The van der Waals surface area contributed by atoms with Crippen LogP contribution >= 0.6 is 0 Å². The van der Waals surface area contributed by atoms with Gasteiger partial charge in [0.15, 0.2) is 8.07 Å². The molecule has 0 aromatic heterocycles. The smallest absolute Gasteiger partial charge is 0.0623 e. The van der Waals surface area contributed by atoms with E-state index in [1.165, 1.54) is 87.5 Å². The van der Waals surface area contributed by atoms with Gasteiger partial charge in [0.2, 0.25) is 0 Å². The molecule has 0 radical (unpaired) electrons. The molecule has 1 heteroatoms. The normalized spacial score (nSPS) is 14.7. The molecule has 0 aliphatic carbocycles. The number of rotatable bonds is 4. The SMILES string of the molecule is Cc1ccccc1C1=C(c2ccccc2C)[Si]2(C(c3ccccc3C)=C1c1ccccc1C)c1ccccc1-c1ccccc12. The molecule has 2 aliphatic rings. The lowest BCUT2D eigenvalue weighted by Gasteiger charge is -2.34. The van der Waals surface area contributed by atoms with E-state index in [1.54, 1.807) is 0 Å². The molecule has 0 fully saturated rings. The Bertz CT molecular complexity index is 2050. The van der Waals surface area contributed by atoms with Crippen LogP contribution in [0.25, 0.3) is 32.7 Å². The van der Waals surface area contributed by atoms with Crippen molar-refractivity contribution in [2.24, 2.45) is 0 Å². The molecular formula is C44H36Si. The zero-order chi connectivity index (χ0) is 30.7. The van der Waals surface area contributed by atoms with Crippen molar-refractivity contribution in [2.45, 2.75) is 27.7 Å². The van der Waals surface area contributed by atoms with Gasteiger partial charge in [0.05, 0.1) is 0 Å². The van der Waals surface area contributed by atoms with Crippen LogP contribution in [0, 0.1) is 27.7 Å². The second-order valence-electron chi connectivity index (χ2n) is 12.6. The van der Waals surface area contributed by atoms with Crippen molar-refractivity contribution in [1.29, 1.82) is 0 Å². The maximum atomic E-state index is 2.45. The van der Waals surface area contributed by atoms with Gasteiger partial charge >= 0.3 is 0 Å². The van der Waals surface area contributed by atoms with Crippen LogP contribution in [0.1, 0.15) is 44.5 Å². The van der Waals surface area contributed by atoms with E-state index in [-0.39, 0.29) is 0 Å². The highest BCUT2D eigenvalue weighted by atomic mass is 28.3. The van der Waals surface area contributed by atoms with Gasteiger partial charge in [-0.2, -0.15) is 0 Å². The standard InChI is InChI=1S/C44H36Si/c1-29-17-5-9-21-33(29)41-42(34-22-10-6-18-30(34)2)44(36-24-12-8-20-32(36)4)45(43(41)35-23-11-7-19-31(35)3)39-27-15-13-25-37(39)38-26-14-16-28-40(38)45/h5-28H,1-4H3. The second kappa shape index (κ2) is 10.6. The van der Waals surface area contributed by atoms with Crippen molar-refractivity contribution in [1.82, 2.24) is 0 Å². The van der Waals surface area contributed by atoms with E-state index in [4.69, 9.17) is 0 Å². The van der Waals surface area contributed by atoms with Crippen molar-refractivity contribution < 1.29 is 0 Å². The number of fused-ring (bicyclic) bond motifs is 5. The maximum Gasteiger partial charge on any atom is 0.183 e. The van der Waals surface area contributed by atoms with Crippen molar-refractivity contribution in [3.05, 3.63) is 190 Å². The van der Waals surface area contributed by atoms with Gasteiger partial charge in [0.1, 0.15) is 0 Å². The molecule has 1 spiro atoms. The molecule has 0 bridgehead atoms. The third-order valence-corrected chi connectivity index (χ3v) is 15.1. The number of aryl methyl sites for hydroxylation is 4. The van der Waals surface area contributed by atoms with Gasteiger partial charge in [-0.3, -0.25) is 0 Å². The first-order chi connectivity index (χ1) is 22.0. The van der Waals surface area contributed by atoms with Crippen molar-refractivity contribution in [2.75, 3.05) is 0 Å². The Morgan fingerprint density at radius 1 is 0.289 bits per heavy atom. The number of hydrogen-bond donors (Lipinski definition) is 0. The summed E-state index contributed by atoms with van der Waals surface area (Å²) < 4.78 is 0. The van der Waals surface area contributed by atoms with Crippen molar-refractivity contribution >= 4 is 40.0 Å². The number of benzene rings is 6. The molecule has 0 nitrogen and oxygen atoms in total. The van der Waals surface area contributed by atoms with E-state index >= 15 is 0 Å². The number of hydrogen-bond acceptors (Lipinski definition) is 0. The van der Waals surface area contributed by atoms with Crippen molar-refractivity contribution in [3.8, 4) is 11.1 Å². The van der Waals surface area contributed by atoms with E-state index in [9.17, 15) is 0 Å². The fraction of sp³-hybridized carbons (Fsp3) is 0.0909. The van der Waals surface area contributed by atoms with E-state index in [0.29, 0.717) is 0 Å². The summed E-state index contributed by atoms with van der Waals surface area (Å²) >= 11 is 0. The van der Waals surface area contributed by atoms with Gasteiger partial charge in [-0.05, 0) is 115 Å². The third-order valence-electron chi connectivity index (χ3n) is 10.1. The molecule has 2 aliphatic heterocycles. The second-order valence-corrected chi connectivity index (χ2v) is 16.2. The fourth-order valence-electron chi connectivity index (χ4n) is 8.15. The van der Waals surface area contributed by atoms with Crippen LogP contribution in [-0.2, 0) is 0 Å². The maximum absolute atomic E-state index is 2.89. The van der Waals surface area contributed by atoms with Gasteiger partial charge in [0.25, 0.3) is 0 Å². The summed E-state index contributed by atoms with van der Waals surface area (Å²) in [5, 5.41) is 6.03. The molecule has 216 valence electrons. The zero-order valence-corrected chi connectivity index (χ0v) is 27.4. The minimum absolute atomic E-state index is 1.31. The summed E-state index contributed by atoms with van der Waals surface area (Å²) in [6.07, 6.45) is 0. The predicted molar refractivity (Wildman–Crippen MR) is 195 cm³/mol. The Balaban J connectivity index is 1.71. The molecular weight excluding hydrogens is 557 g/mol. The molecule has 45 heavy (non-hydrogen) atoms. The van der Waals surface area contributed by atoms with Crippen LogP contribution in [0.3, 0.4) is 0 Å². The predicted octanol–water partition coefficient (Wildman–Crippen LogP) is 9.78. The summed E-state index contributed by atoms with van der Waals surface area (Å²) in [4.78, 5) is 0. The van der Waals surface area contributed by atoms with Crippen LogP contribution in [0.5, 0.6) is 0 Å². The molecule has 0 amide bonds. The topological polar surface area (TPSA) is 0 Å². The first-order valence-electron chi connectivity index (χ1n) is 16.0. The minimum atomic E-state index is -2.89. The quantitative estimate of drug-likeness (QED) is 0.179. The molecule has 0 saturated carbocycles. The highest BCUT2D eigenvalue weighted by Gasteiger charge is 2.58. The van der Waals surface area contributed by atoms with Crippen LogP contribution in [0.4, 0.5) is 0 Å². The van der Waals surface area contributed by atoms with E-state index in [1.807, 2.05) is 0 Å². The van der Waals surface area contributed by atoms with Gasteiger partial charge in [-0.15, -0.1) is 0 Å². The Morgan fingerprint density at radius 2 is 0.556 bits per heavy atom. The molecule has 0 saturated heterocycles. The highest BCUT2D eigenvalue weighted by Crippen LogP contribution is 2.58. The van der Waals surface area contributed by atoms with E-state index < -0.39 is 8.07 Å². The minimum Gasteiger partial charge on any atom is -0.0623 e. The Kier molecular flexibility index (Phi) is 6.48. The van der Waals surface area contributed by atoms with Gasteiger partial charge in [0, 0.05) is 0 Å². The lowest BCUT2D eigenvalue weighted by molar-refractivity contribution is 1.40. The van der Waals surface area contributed by atoms with E-state index in [0.717, 1.165) is 0 Å². The molecule has 0 unspecified atom stereocenters. The Hall–Kier alpha value is -4.98. The zero-order valence-electron chi connectivity index (χ0n) is 26.4. The fourth-order valence-corrected chi connectivity index (χ4v) is 14.3.